The maximum absolute atomic E-state index is 5.82. The lowest BCUT2D eigenvalue weighted by atomic mass is 9.94. The lowest BCUT2D eigenvalue weighted by molar-refractivity contribution is 0.0232. The Kier molecular flexibility index (Phi) is 8.64. The average Bonchev–Trinajstić information content (AvgIpc) is 2.15. The lowest BCUT2D eigenvalue weighted by Gasteiger charge is -2.26. The van der Waals surface area contributed by atoms with Crippen molar-refractivity contribution in [2.75, 3.05) is 6.61 Å². The molecule has 2 N–H and O–H groups in total. The number of nitrogens with two attached hydrogens (primary N) is 1. The summed E-state index contributed by atoms with van der Waals surface area (Å²) in [6.45, 7) is 3.17. The maximum atomic E-state index is 5.82. The van der Waals surface area contributed by atoms with Gasteiger partial charge in [-0.25, -0.2) is 0 Å². The largest absolute Gasteiger partial charge is 0.378 e. The Morgan fingerprint density at radius 3 is 2.36 bits per heavy atom. The maximum Gasteiger partial charge on any atom is 0.0576 e. The average molecular weight is 222 g/mol. The molecule has 1 fully saturated rings. The quantitative estimate of drug-likeness (QED) is 0.725. The Balaban J connectivity index is 0.00000169. The van der Waals surface area contributed by atoms with Crippen LogP contribution in [-0.2, 0) is 4.74 Å². The molecule has 0 spiro atoms. The summed E-state index contributed by atoms with van der Waals surface area (Å²) >= 11 is 0. The molecule has 0 saturated heterocycles. The lowest BCUT2D eigenvalue weighted by Crippen LogP contribution is -2.30. The minimum absolute atomic E-state index is 0. The second-order valence-corrected chi connectivity index (χ2v) is 4.11. The van der Waals surface area contributed by atoms with Crippen molar-refractivity contribution in [2.24, 2.45) is 5.73 Å². The second kappa shape index (κ2) is 8.51. The number of halogens is 1. The molecular formula is C11H24ClNO. The van der Waals surface area contributed by atoms with Crippen LogP contribution >= 0.6 is 12.4 Å². The molecule has 1 rings (SSSR count). The van der Waals surface area contributed by atoms with E-state index in [1.807, 2.05) is 0 Å². The predicted octanol–water partition coefficient (Wildman–Crippen LogP) is 2.88. The van der Waals surface area contributed by atoms with Gasteiger partial charge in [-0.1, -0.05) is 19.8 Å². The first-order valence-corrected chi connectivity index (χ1v) is 5.70. The summed E-state index contributed by atoms with van der Waals surface area (Å²) in [7, 11) is 0. The van der Waals surface area contributed by atoms with Crippen LogP contribution in [-0.4, -0.2) is 18.8 Å². The molecule has 2 nitrogen and oxygen atoms in total. The van der Waals surface area contributed by atoms with Crippen LogP contribution in [0.15, 0.2) is 0 Å². The second-order valence-electron chi connectivity index (χ2n) is 4.11. The van der Waals surface area contributed by atoms with Crippen LogP contribution in [0.4, 0.5) is 0 Å². The monoisotopic (exact) mass is 221 g/mol. The molecular weight excluding hydrogens is 198 g/mol. The zero-order chi connectivity index (χ0) is 9.52. The fourth-order valence-corrected chi connectivity index (χ4v) is 1.86. The zero-order valence-electron chi connectivity index (χ0n) is 9.21. The summed E-state index contributed by atoms with van der Waals surface area (Å²) in [5.74, 6) is 0. The summed E-state index contributed by atoms with van der Waals surface area (Å²) in [6.07, 6.45) is 8.96. The van der Waals surface area contributed by atoms with Gasteiger partial charge in [-0.05, 0) is 32.1 Å². The van der Waals surface area contributed by atoms with Crippen molar-refractivity contribution in [1.29, 1.82) is 0 Å². The van der Waals surface area contributed by atoms with E-state index >= 15 is 0 Å². The SMILES string of the molecule is CCCCCOC1CCC(N)CC1.Cl. The van der Waals surface area contributed by atoms with Gasteiger partial charge in [0.1, 0.15) is 0 Å². The molecule has 0 unspecified atom stereocenters. The van der Waals surface area contributed by atoms with Crippen LogP contribution in [0.25, 0.3) is 0 Å². The van der Waals surface area contributed by atoms with E-state index in [9.17, 15) is 0 Å². The van der Waals surface area contributed by atoms with Crippen molar-refractivity contribution in [3.05, 3.63) is 0 Å². The van der Waals surface area contributed by atoms with Gasteiger partial charge in [0.2, 0.25) is 0 Å². The Labute approximate surface area is 94.0 Å². The van der Waals surface area contributed by atoms with Gasteiger partial charge in [0.15, 0.2) is 0 Å². The van der Waals surface area contributed by atoms with Gasteiger partial charge in [-0.3, -0.25) is 0 Å². The number of unbranched alkanes of at least 4 members (excludes halogenated alkanes) is 2. The van der Waals surface area contributed by atoms with Crippen LogP contribution in [0.3, 0.4) is 0 Å². The van der Waals surface area contributed by atoms with Crippen molar-refractivity contribution >= 4 is 12.4 Å². The molecule has 86 valence electrons. The van der Waals surface area contributed by atoms with Gasteiger partial charge in [0.25, 0.3) is 0 Å². The van der Waals surface area contributed by atoms with Crippen molar-refractivity contribution < 1.29 is 4.74 Å². The number of hydrogen-bond donors (Lipinski definition) is 1. The van der Waals surface area contributed by atoms with E-state index in [0.717, 1.165) is 19.4 Å². The highest BCUT2D eigenvalue weighted by Gasteiger charge is 2.18. The first-order chi connectivity index (χ1) is 6.33. The highest BCUT2D eigenvalue weighted by molar-refractivity contribution is 5.85. The summed E-state index contributed by atoms with van der Waals surface area (Å²) < 4.78 is 5.78. The van der Waals surface area contributed by atoms with Gasteiger partial charge in [-0.15, -0.1) is 12.4 Å². The normalized spacial score (nSPS) is 27.0. The number of ether oxygens (including phenoxy) is 1. The standard InChI is InChI=1S/C11H23NO.ClH/c1-2-3-4-9-13-11-7-5-10(12)6-8-11;/h10-11H,2-9,12H2,1H3;1H. The molecule has 1 aliphatic carbocycles. The summed E-state index contributed by atoms with van der Waals surface area (Å²) in [4.78, 5) is 0. The van der Waals surface area contributed by atoms with E-state index in [4.69, 9.17) is 10.5 Å². The molecule has 0 aromatic rings. The van der Waals surface area contributed by atoms with Crippen molar-refractivity contribution in [3.8, 4) is 0 Å². The van der Waals surface area contributed by atoms with Crippen LogP contribution in [0.1, 0.15) is 51.9 Å². The third-order valence-corrected chi connectivity index (χ3v) is 2.82. The van der Waals surface area contributed by atoms with E-state index in [2.05, 4.69) is 6.92 Å². The summed E-state index contributed by atoms with van der Waals surface area (Å²) in [5.41, 5.74) is 5.82. The fraction of sp³-hybridized carbons (Fsp3) is 1.00. The molecule has 0 atom stereocenters. The first kappa shape index (κ1) is 14.2. The predicted molar refractivity (Wildman–Crippen MR) is 63.0 cm³/mol. The van der Waals surface area contributed by atoms with Gasteiger partial charge in [0.05, 0.1) is 6.10 Å². The third-order valence-electron chi connectivity index (χ3n) is 2.82. The fourth-order valence-electron chi connectivity index (χ4n) is 1.86. The van der Waals surface area contributed by atoms with Gasteiger partial charge in [-0.2, -0.15) is 0 Å². The zero-order valence-corrected chi connectivity index (χ0v) is 10.0. The van der Waals surface area contributed by atoms with Gasteiger partial charge >= 0.3 is 0 Å². The molecule has 0 aliphatic heterocycles. The molecule has 0 amide bonds. The van der Waals surface area contributed by atoms with Crippen molar-refractivity contribution in [3.63, 3.8) is 0 Å². The molecule has 1 saturated carbocycles. The topological polar surface area (TPSA) is 35.2 Å². The van der Waals surface area contributed by atoms with Crippen molar-refractivity contribution in [2.45, 2.75) is 64.0 Å². The Morgan fingerprint density at radius 1 is 1.14 bits per heavy atom. The van der Waals surface area contributed by atoms with Crippen LogP contribution in [0.2, 0.25) is 0 Å². The Morgan fingerprint density at radius 2 is 1.79 bits per heavy atom. The molecule has 0 bridgehead atoms. The van der Waals surface area contributed by atoms with E-state index in [0.29, 0.717) is 12.1 Å². The van der Waals surface area contributed by atoms with Gasteiger partial charge < -0.3 is 10.5 Å². The van der Waals surface area contributed by atoms with E-state index in [1.165, 1.54) is 32.1 Å². The molecule has 0 radical (unpaired) electrons. The Bertz CT molecular complexity index is 124. The Hall–Kier alpha value is 0.210. The van der Waals surface area contributed by atoms with Crippen molar-refractivity contribution in [1.82, 2.24) is 0 Å². The molecule has 1 aliphatic rings. The number of hydrogen-bond acceptors (Lipinski definition) is 2. The van der Waals surface area contributed by atoms with E-state index in [1.54, 1.807) is 0 Å². The van der Waals surface area contributed by atoms with E-state index < -0.39 is 0 Å². The summed E-state index contributed by atoms with van der Waals surface area (Å²) in [6, 6.07) is 0.440. The smallest absolute Gasteiger partial charge is 0.0576 e. The number of rotatable bonds is 5. The first-order valence-electron chi connectivity index (χ1n) is 5.70. The molecule has 0 aromatic heterocycles. The third kappa shape index (κ3) is 5.84. The molecule has 14 heavy (non-hydrogen) atoms. The molecule has 0 heterocycles. The highest BCUT2D eigenvalue weighted by atomic mass is 35.5. The summed E-state index contributed by atoms with van der Waals surface area (Å²) in [5, 5.41) is 0. The van der Waals surface area contributed by atoms with Crippen LogP contribution in [0.5, 0.6) is 0 Å². The van der Waals surface area contributed by atoms with E-state index in [-0.39, 0.29) is 12.4 Å². The highest BCUT2D eigenvalue weighted by Crippen LogP contribution is 2.19. The van der Waals surface area contributed by atoms with Crippen LogP contribution < -0.4 is 5.73 Å². The molecule has 0 aromatic carbocycles. The molecule has 3 heteroatoms. The van der Waals surface area contributed by atoms with Gasteiger partial charge in [0, 0.05) is 12.6 Å². The minimum Gasteiger partial charge on any atom is -0.378 e. The minimum atomic E-state index is 0. The van der Waals surface area contributed by atoms with Crippen LogP contribution in [0, 0.1) is 0 Å².